The quantitative estimate of drug-likeness (QED) is 0.457. The van der Waals surface area contributed by atoms with Crippen LogP contribution in [0, 0.1) is 0 Å². The molecule has 1 saturated carbocycles. The van der Waals surface area contributed by atoms with E-state index in [1.807, 2.05) is 12.1 Å². The van der Waals surface area contributed by atoms with Gasteiger partial charge in [0.1, 0.15) is 23.1 Å². The first-order valence-electron chi connectivity index (χ1n) is 11.4. The lowest BCUT2D eigenvalue weighted by molar-refractivity contribution is -0.119. The highest BCUT2D eigenvalue weighted by Crippen LogP contribution is 2.35. The molecule has 170 valence electrons. The fourth-order valence-corrected chi connectivity index (χ4v) is 5.76. The third-order valence-electron chi connectivity index (χ3n) is 6.49. The van der Waals surface area contributed by atoms with Crippen molar-refractivity contribution in [1.82, 2.24) is 0 Å². The molecule has 0 aliphatic heterocycles. The van der Waals surface area contributed by atoms with Crippen molar-refractivity contribution in [2.75, 3.05) is 0 Å². The van der Waals surface area contributed by atoms with Gasteiger partial charge in [-0.1, -0.05) is 38.3 Å². The van der Waals surface area contributed by atoms with Crippen LogP contribution in [0.2, 0.25) is 0 Å². The van der Waals surface area contributed by atoms with Crippen LogP contribution in [0.3, 0.4) is 0 Å². The number of halogens is 2. The van der Waals surface area contributed by atoms with Crippen molar-refractivity contribution >= 4 is 43.4 Å². The third kappa shape index (κ3) is 5.82. The van der Waals surface area contributed by atoms with Crippen molar-refractivity contribution in [3.05, 3.63) is 55.5 Å². The van der Waals surface area contributed by atoms with Crippen LogP contribution >= 0.6 is 31.9 Å². The molecule has 0 saturated heterocycles. The first-order chi connectivity index (χ1) is 15.4. The predicted molar refractivity (Wildman–Crippen MR) is 132 cm³/mol. The molecule has 0 bridgehead atoms. The van der Waals surface area contributed by atoms with E-state index >= 15 is 0 Å². The molecule has 0 spiro atoms. The summed E-state index contributed by atoms with van der Waals surface area (Å²) in [6.07, 6.45) is 10.3. The molecule has 3 aliphatic rings. The highest BCUT2D eigenvalue weighted by molar-refractivity contribution is 9.10. The molecule has 0 unspecified atom stereocenters. The van der Waals surface area contributed by atoms with E-state index < -0.39 is 0 Å². The van der Waals surface area contributed by atoms with Crippen LogP contribution in [0.25, 0.3) is 0 Å². The number of Topliss-reactive ketones (excluding diaryl/α,β-unsaturated/α-hetero) is 2. The summed E-state index contributed by atoms with van der Waals surface area (Å²) in [6.45, 7) is 0. The molecule has 2 aromatic rings. The summed E-state index contributed by atoms with van der Waals surface area (Å²) in [5.74, 6) is 1.72. The van der Waals surface area contributed by atoms with Gasteiger partial charge in [0.2, 0.25) is 0 Å². The van der Waals surface area contributed by atoms with Crippen molar-refractivity contribution < 1.29 is 19.4 Å². The summed E-state index contributed by atoms with van der Waals surface area (Å²) in [4.78, 5) is 22.8. The Morgan fingerprint density at radius 1 is 0.750 bits per heavy atom. The lowest BCUT2D eigenvalue weighted by Crippen LogP contribution is -2.22. The Labute approximate surface area is 206 Å². The standard InChI is InChI=1S/C16H19BrO2.C10H9BrO2/c17-12-8-11-6-7-13(18)10-15(11)16(9-12)19-14-4-2-1-3-5-14;11-7-3-6-1-2-8(12)5-9(6)10(13)4-7/h8-9,14H,1-7,10H2;3-4,13H,1-2,5H2. The zero-order chi connectivity index (χ0) is 22.7. The average Bonchev–Trinajstić information content (AvgIpc) is 2.76. The number of hydrogen-bond acceptors (Lipinski definition) is 4. The number of phenolic OH excluding ortho intramolecular Hbond substituents is 1. The van der Waals surface area contributed by atoms with Gasteiger partial charge < -0.3 is 9.84 Å². The summed E-state index contributed by atoms with van der Waals surface area (Å²) in [7, 11) is 0. The molecule has 1 fully saturated rings. The number of rotatable bonds is 2. The molecule has 1 N–H and O–H groups in total. The lowest BCUT2D eigenvalue weighted by Gasteiger charge is -2.26. The van der Waals surface area contributed by atoms with E-state index in [2.05, 4.69) is 37.9 Å². The Hall–Kier alpha value is -1.66. The molecule has 3 aliphatic carbocycles. The van der Waals surface area contributed by atoms with E-state index in [1.165, 1.54) is 24.8 Å². The van der Waals surface area contributed by atoms with E-state index in [9.17, 15) is 14.7 Å². The number of aryl methyl sites for hydroxylation is 2. The van der Waals surface area contributed by atoms with E-state index in [0.29, 0.717) is 37.6 Å². The number of benzene rings is 2. The third-order valence-corrected chi connectivity index (χ3v) is 7.41. The molecule has 0 radical (unpaired) electrons. The lowest BCUT2D eigenvalue weighted by atomic mass is 9.90. The number of fused-ring (bicyclic) bond motifs is 2. The van der Waals surface area contributed by atoms with Gasteiger partial charge in [-0.05, 0) is 73.9 Å². The average molecular weight is 564 g/mol. The predicted octanol–water partition coefficient (Wildman–Crippen LogP) is 6.43. The number of aromatic hydroxyl groups is 1. The summed E-state index contributed by atoms with van der Waals surface area (Å²) >= 11 is 6.87. The van der Waals surface area contributed by atoms with Crippen LogP contribution in [-0.2, 0) is 35.3 Å². The van der Waals surface area contributed by atoms with Gasteiger partial charge >= 0.3 is 0 Å². The second kappa shape index (κ2) is 10.5. The largest absolute Gasteiger partial charge is 0.508 e. The first kappa shape index (κ1) is 23.5. The van der Waals surface area contributed by atoms with E-state index in [1.54, 1.807) is 6.07 Å². The molecular weight excluding hydrogens is 536 g/mol. The van der Waals surface area contributed by atoms with Gasteiger partial charge in [0.25, 0.3) is 0 Å². The summed E-state index contributed by atoms with van der Waals surface area (Å²) in [5, 5.41) is 9.57. The van der Waals surface area contributed by atoms with Crippen molar-refractivity contribution in [2.24, 2.45) is 0 Å². The number of hydrogen-bond donors (Lipinski definition) is 1. The Morgan fingerprint density at radius 2 is 1.31 bits per heavy atom. The summed E-state index contributed by atoms with van der Waals surface area (Å²) < 4.78 is 8.14. The smallest absolute Gasteiger partial charge is 0.137 e. The second-order valence-electron chi connectivity index (χ2n) is 8.91. The maximum absolute atomic E-state index is 11.7. The molecule has 0 aromatic heterocycles. The highest BCUT2D eigenvalue weighted by Gasteiger charge is 2.23. The Balaban J connectivity index is 0.000000165. The molecule has 0 atom stereocenters. The molecular formula is C26H28Br2O4. The number of carbonyl (C=O) groups is 2. The van der Waals surface area contributed by atoms with Crippen molar-refractivity contribution in [2.45, 2.75) is 76.7 Å². The van der Waals surface area contributed by atoms with Gasteiger partial charge in [-0.15, -0.1) is 0 Å². The van der Waals surface area contributed by atoms with Crippen molar-refractivity contribution in [1.29, 1.82) is 0 Å². The normalized spacial score (nSPS) is 18.3. The van der Waals surface area contributed by atoms with Gasteiger partial charge in [-0.2, -0.15) is 0 Å². The van der Waals surface area contributed by atoms with Crippen LogP contribution in [-0.4, -0.2) is 22.8 Å². The number of ketones is 2. The van der Waals surface area contributed by atoms with Gasteiger partial charge in [0, 0.05) is 45.8 Å². The highest BCUT2D eigenvalue weighted by atomic mass is 79.9. The fraction of sp³-hybridized carbons (Fsp3) is 0.462. The Morgan fingerprint density at radius 3 is 1.97 bits per heavy atom. The minimum absolute atomic E-state index is 0.213. The maximum Gasteiger partial charge on any atom is 0.137 e. The minimum atomic E-state index is 0.213. The second-order valence-corrected chi connectivity index (χ2v) is 10.7. The summed E-state index contributed by atoms with van der Waals surface area (Å²) in [6, 6.07) is 7.78. The monoisotopic (exact) mass is 562 g/mol. The van der Waals surface area contributed by atoms with E-state index in [-0.39, 0.29) is 11.5 Å². The van der Waals surface area contributed by atoms with Crippen LogP contribution in [0.4, 0.5) is 0 Å². The molecule has 32 heavy (non-hydrogen) atoms. The number of carbonyl (C=O) groups excluding carboxylic acids is 2. The maximum atomic E-state index is 11.7. The fourth-order valence-electron chi connectivity index (χ4n) is 4.78. The van der Waals surface area contributed by atoms with Crippen LogP contribution < -0.4 is 4.74 Å². The SMILES string of the molecule is O=C1CCc2cc(Br)cc(O)c2C1.O=C1CCc2cc(Br)cc(OC3CCCCC3)c2C1. The van der Waals surface area contributed by atoms with Crippen molar-refractivity contribution in [3.8, 4) is 11.5 Å². The molecule has 0 heterocycles. The van der Waals surface area contributed by atoms with Crippen LogP contribution in [0.1, 0.15) is 67.2 Å². The zero-order valence-electron chi connectivity index (χ0n) is 18.1. The van der Waals surface area contributed by atoms with Crippen LogP contribution in [0.5, 0.6) is 11.5 Å². The molecule has 5 rings (SSSR count). The zero-order valence-corrected chi connectivity index (χ0v) is 21.3. The molecule has 6 heteroatoms. The molecule has 0 amide bonds. The van der Waals surface area contributed by atoms with Gasteiger partial charge in [0.15, 0.2) is 0 Å². The Kier molecular flexibility index (Phi) is 7.72. The van der Waals surface area contributed by atoms with Crippen LogP contribution in [0.15, 0.2) is 33.2 Å². The summed E-state index contributed by atoms with van der Waals surface area (Å²) in [5.41, 5.74) is 4.30. The van der Waals surface area contributed by atoms with Gasteiger partial charge in [0.05, 0.1) is 6.10 Å². The molecule has 2 aromatic carbocycles. The van der Waals surface area contributed by atoms with E-state index in [4.69, 9.17) is 4.74 Å². The van der Waals surface area contributed by atoms with E-state index in [0.717, 1.165) is 57.1 Å². The van der Waals surface area contributed by atoms with Gasteiger partial charge in [-0.25, -0.2) is 0 Å². The number of phenols is 1. The Bertz CT molecular complexity index is 1020. The number of ether oxygens (including phenoxy) is 1. The van der Waals surface area contributed by atoms with Crippen molar-refractivity contribution in [3.63, 3.8) is 0 Å². The first-order valence-corrected chi connectivity index (χ1v) is 13.0. The molecule has 4 nitrogen and oxygen atoms in total. The topological polar surface area (TPSA) is 63.6 Å². The van der Waals surface area contributed by atoms with Gasteiger partial charge in [-0.3, -0.25) is 9.59 Å². The minimum Gasteiger partial charge on any atom is -0.508 e.